The number of imide groups is 1. The van der Waals surface area contributed by atoms with Gasteiger partial charge < -0.3 is 4.74 Å². The first-order valence-electron chi connectivity index (χ1n) is 10.9. The number of carbonyl (C=O) groups excluding carboxylic acids is 3. The topological polar surface area (TPSA) is 66.9 Å². The number of hydrogen-bond donors (Lipinski definition) is 0. The molecule has 29 heavy (non-hydrogen) atoms. The highest BCUT2D eigenvalue weighted by molar-refractivity contribution is 6.20. The second kappa shape index (κ2) is 7.32. The number of benzene rings is 1. The second-order valence-corrected chi connectivity index (χ2v) is 8.52. The van der Waals surface area contributed by atoms with Gasteiger partial charge in [0.2, 0.25) is 11.5 Å². The number of ketones is 1. The minimum absolute atomic E-state index is 0.0217. The number of carbonyl (C=O) groups is 3. The molecule has 2 heterocycles. The number of Topliss-reactive ketones (excluding diaryl/α,β-unsaturated/α-hetero) is 1. The molecule has 3 amide bonds. The van der Waals surface area contributed by atoms with Gasteiger partial charge in [-0.2, -0.15) is 0 Å². The molecular weight excluding hydrogens is 368 g/mol. The van der Waals surface area contributed by atoms with E-state index in [9.17, 15) is 14.4 Å². The Balaban J connectivity index is 1.58. The number of nitrogens with zero attached hydrogens (tertiary/aromatic N) is 2. The molecule has 152 valence electrons. The van der Waals surface area contributed by atoms with Gasteiger partial charge in [0.1, 0.15) is 5.75 Å². The maximum atomic E-state index is 13.5. The number of allylic oxidation sites excluding steroid dienone is 1. The Morgan fingerprint density at radius 1 is 0.759 bits per heavy atom. The number of ether oxygens (including phenoxy) is 1. The molecule has 1 aromatic rings. The molecule has 2 aliphatic carbocycles. The van der Waals surface area contributed by atoms with Gasteiger partial charge in [-0.15, -0.1) is 0 Å². The predicted molar refractivity (Wildman–Crippen MR) is 106 cm³/mol. The monoisotopic (exact) mass is 394 g/mol. The first-order chi connectivity index (χ1) is 14.2. The number of para-hydroxylation sites is 1. The van der Waals surface area contributed by atoms with Crippen molar-refractivity contribution in [3.05, 3.63) is 41.3 Å². The Kier molecular flexibility index (Phi) is 4.64. The van der Waals surface area contributed by atoms with Gasteiger partial charge in [-0.25, -0.2) is 4.79 Å². The molecule has 5 rings (SSSR count). The van der Waals surface area contributed by atoms with Crippen LogP contribution < -0.4 is 4.74 Å². The van der Waals surface area contributed by atoms with Gasteiger partial charge in [-0.05, 0) is 37.8 Å². The summed E-state index contributed by atoms with van der Waals surface area (Å²) in [5.41, 5.74) is 0.614. The summed E-state index contributed by atoms with van der Waals surface area (Å²) in [6.45, 7) is 0. The number of rotatable bonds is 2. The van der Waals surface area contributed by atoms with Crippen LogP contribution in [-0.4, -0.2) is 39.6 Å². The second-order valence-electron chi connectivity index (χ2n) is 8.52. The van der Waals surface area contributed by atoms with Crippen molar-refractivity contribution in [2.75, 3.05) is 0 Å². The zero-order valence-corrected chi connectivity index (χ0v) is 16.6. The molecular formula is C23H26N2O4. The molecule has 6 nitrogen and oxygen atoms in total. The van der Waals surface area contributed by atoms with Crippen LogP contribution in [0.25, 0.3) is 0 Å². The van der Waals surface area contributed by atoms with Crippen LogP contribution >= 0.6 is 0 Å². The Morgan fingerprint density at radius 2 is 1.34 bits per heavy atom. The molecule has 0 N–H and O–H groups in total. The van der Waals surface area contributed by atoms with E-state index < -0.39 is 0 Å². The van der Waals surface area contributed by atoms with Gasteiger partial charge in [0.05, 0.1) is 5.56 Å². The van der Waals surface area contributed by atoms with E-state index in [0.717, 1.165) is 64.2 Å². The Morgan fingerprint density at radius 3 is 1.97 bits per heavy atom. The third-order valence-electron chi connectivity index (χ3n) is 6.72. The minimum Gasteiger partial charge on any atom is -0.450 e. The van der Waals surface area contributed by atoms with Crippen LogP contribution in [0.15, 0.2) is 35.7 Å². The molecule has 4 aliphatic rings. The van der Waals surface area contributed by atoms with Crippen LogP contribution in [-0.2, 0) is 4.79 Å². The van der Waals surface area contributed by atoms with Crippen molar-refractivity contribution in [3.63, 3.8) is 0 Å². The van der Waals surface area contributed by atoms with Crippen LogP contribution in [0.5, 0.6) is 5.75 Å². The van der Waals surface area contributed by atoms with E-state index in [4.69, 9.17) is 4.74 Å². The lowest BCUT2D eigenvalue weighted by molar-refractivity contribution is -0.125. The maximum absolute atomic E-state index is 13.5. The van der Waals surface area contributed by atoms with Crippen LogP contribution in [0, 0.1) is 0 Å². The van der Waals surface area contributed by atoms with Gasteiger partial charge in [0, 0.05) is 12.1 Å². The van der Waals surface area contributed by atoms with Crippen molar-refractivity contribution in [1.82, 2.24) is 9.80 Å². The van der Waals surface area contributed by atoms with Crippen LogP contribution in [0.2, 0.25) is 0 Å². The van der Waals surface area contributed by atoms with Crippen molar-refractivity contribution in [1.29, 1.82) is 0 Å². The quantitative estimate of drug-likeness (QED) is 0.551. The first kappa shape index (κ1) is 18.4. The number of fused-ring (bicyclic) bond motifs is 1. The third kappa shape index (κ3) is 2.96. The lowest BCUT2D eigenvalue weighted by Crippen LogP contribution is -2.44. The Labute approximate surface area is 170 Å². The van der Waals surface area contributed by atoms with Gasteiger partial charge >= 0.3 is 6.03 Å². The smallest absolute Gasteiger partial charge is 0.332 e. The summed E-state index contributed by atoms with van der Waals surface area (Å²) in [6.07, 6.45) is 9.80. The van der Waals surface area contributed by atoms with Gasteiger partial charge in [0.15, 0.2) is 5.70 Å². The summed E-state index contributed by atoms with van der Waals surface area (Å²) in [4.78, 5) is 43.1. The molecule has 1 aromatic carbocycles. The molecule has 0 atom stereocenters. The highest BCUT2D eigenvalue weighted by Crippen LogP contribution is 2.40. The summed E-state index contributed by atoms with van der Waals surface area (Å²) in [7, 11) is 0. The Hall–Kier alpha value is -2.63. The normalized spacial score (nSPS) is 26.3. The van der Waals surface area contributed by atoms with E-state index in [1.807, 2.05) is 0 Å². The zero-order chi connectivity index (χ0) is 20.0. The van der Waals surface area contributed by atoms with E-state index >= 15 is 0 Å². The summed E-state index contributed by atoms with van der Waals surface area (Å²) in [5.74, 6) is -0.180. The van der Waals surface area contributed by atoms with Crippen molar-refractivity contribution in [2.24, 2.45) is 0 Å². The fourth-order valence-corrected chi connectivity index (χ4v) is 5.24. The van der Waals surface area contributed by atoms with Crippen LogP contribution in [0.4, 0.5) is 4.79 Å². The number of hydrogen-bond acceptors (Lipinski definition) is 4. The highest BCUT2D eigenvalue weighted by Gasteiger charge is 2.51. The molecule has 1 saturated heterocycles. The minimum atomic E-state index is -0.358. The molecule has 0 radical (unpaired) electrons. The van der Waals surface area contributed by atoms with Crippen LogP contribution in [0.3, 0.4) is 0 Å². The number of amides is 3. The van der Waals surface area contributed by atoms with E-state index in [2.05, 4.69) is 0 Å². The molecule has 0 spiro atoms. The average Bonchev–Trinajstić information content (AvgIpc) is 3.22. The molecule has 2 saturated carbocycles. The van der Waals surface area contributed by atoms with Gasteiger partial charge in [-0.1, -0.05) is 50.7 Å². The highest BCUT2D eigenvalue weighted by atomic mass is 16.5. The SMILES string of the molecule is O=C1/C(=C2\C(=O)N(C3CCCCC3)C(=O)N2C2CCCCC2)Oc2ccccc21. The maximum Gasteiger partial charge on any atom is 0.332 e. The third-order valence-corrected chi connectivity index (χ3v) is 6.72. The van der Waals surface area contributed by atoms with E-state index in [1.165, 1.54) is 4.90 Å². The molecule has 0 aromatic heterocycles. The molecule has 6 heteroatoms. The fraction of sp³-hybridized carbons (Fsp3) is 0.522. The summed E-state index contributed by atoms with van der Waals surface area (Å²) in [5, 5.41) is 0. The van der Waals surface area contributed by atoms with E-state index in [-0.39, 0.29) is 41.3 Å². The van der Waals surface area contributed by atoms with Gasteiger partial charge in [-0.3, -0.25) is 19.4 Å². The molecule has 0 bridgehead atoms. The average molecular weight is 394 g/mol. The molecule has 3 fully saturated rings. The lowest BCUT2D eigenvalue weighted by atomic mass is 9.94. The van der Waals surface area contributed by atoms with E-state index in [0.29, 0.717) is 11.3 Å². The number of urea groups is 1. The zero-order valence-electron chi connectivity index (χ0n) is 16.6. The molecule has 0 unspecified atom stereocenters. The fourth-order valence-electron chi connectivity index (χ4n) is 5.24. The van der Waals surface area contributed by atoms with E-state index in [1.54, 1.807) is 29.2 Å². The van der Waals surface area contributed by atoms with Crippen molar-refractivity contribution < 1.29 is 19.1 Å². The largest absolute Gasteiger partial charge is 0.450 e. The summed E-state index contributed by atoms with van der Waals surface area (Å²) < 4.78 is 5.87. The standard InChI is InChI=1S/C23H26N2O4/c26-20-17-13-7-8-14-18(17)29-21(20)19-22(27)25(16-11-5-2-6-12-16)23(28)24(19)15-9-3-1-4-10-15/h7-8,13-16H,1-6,9-12H2/b21-19-. The first-order valence-corrected chi connectivity index (χ1v) is 10.9. The predicted octanol–water partition coefficient (Wildman–Crippen LogP) is 4.40. The van der Waals surface area contributed by atoms with Crippen LogP contribution in [0.1, 0.15) is 74.6 Å². The lowest BCUT2D eigenvalue weighted by Gasteiger charge is -2.32. The summed E-state index contributed by atoms with van der Waals surface area (Å²) in [6, 6.07) is 6.63. The van der Waals surface area contributed by atoms with Crippen molar-refractivity contribution in [3.8, 4) is 5.75 Å². The van der Waals surface area contributed by atoms with Gasteiger partial charge in [0.25, 0.3) is 5.91 Å². The van der Waals surface area contributed by atoms with Crippen molar-refractivity contribution >= 4 is 17.7 Å². The summed E-state index contributed by atoms with van der Waals surface area (Å²) >= 11 is 0. The molecule has 2 aliphatic heterocycles. The Bertz CT molecular complexity index is 894. The van der Waals surface area contributed by atoms with Crippen molar-refractivity contribution in [2.45, 2.75) is 76.3 Å².